The molecule has 78 valence electrons. The summed E-state index contributed by atoms with van der Waals surface area (Å²) in [7, 11) is 1.61. The molecular weight excluding hydrogens is 202 g/mol. The first-order valence-corrected chi connectivity index (χ1v) is 4.72. The zero-order valence-corrected chi connectivity index (χ0v) is 8.79. The second-order valence-electron chi connectivity index (χ2n) is 3.04. The Bertz CT molecular complexity index is 304. The van der Waals surface area contributed by atoms with Gasteiger partial charge in [-0.05, 0) is 17.2 Å². The zero-order chi connectivity index (χ0) is 10.6. The number of hydrogen-bond donors (Lipinski definition) is 2. The van der Waals surface area contributed by atoms with Crippen LogP contribution in [0.3, 0.4) is 0 Å². The highest BCUT2D eigenvalue weighted by Gasteiger charge is 2.07. The molecule has 0 spiro atoms. The van der Waals surface area contributed by atoms with Crippen molar-refractivity contribution in [2.75, 3.05) is 13.7 Å². The topological polar surface area (TPSA) is 55.5 Å². The van der Waals surface area contributed by atoms with E-state index in [0.717, 1.165) is 11.1 Å². The zero-order valence-electron chi connectivity index (χ0n) is 8.03. The Morgan fingerprint density at radius 1 is 1.57 bits per heavy atom. The maximum Gasteiger partial charge on any atom is 0.0912 e. The minimum Gasteiger partial charge on any atom is -0.387 e. The third kappa shape index (κ3) is 2.69. The van der Waals surface area contributed by atoms with Gasteiger partial charge in [0, 0.05) is 18.7 Å². The van der Waals surface area contributed by atoms with E-state index in [0.29, 0.717) is 11.6 Å². The average molecular weight is 216 g/mol. The molecule has 0 aliphatic heterocycles. The van der Waals surface area contributed by atoms with E-state index < -0.39 is 6.10 Å². The Labute approximate surface area is 88.4 Å². The Morgan fingerprint density at radius 3 is 2.79 bits per heavy atom. The van der Waals surface area contributed by atoms with Crippen molar-refractivity contribution in [3.05, 3.63) is 34.3 Å². The van der Waals surface area contributed by atoms with Crippen molar-refractivity contribution in [3.8, 4) is 0 Å². The van der Waals surface area contributed by atoms with Gasteiger partial charge in [0.2, 0.25) is 0 Å². The molecule has 0 aliphatic carbocycles. The number of halogens is 1. The molecule has 0 saturated carbocycles. The molecule has 0 fully saturated rings. The molecule has 3 N–H and O–H groups in total. The highest BCUT2D eigenvalue weighted by atomic mass is 35.5. The smallest absolute Gasteiger partial charge is 0.0912 e. The van der Waals surface area contributed by atoms with Crippen molar-refractivity contribution in [1.29, 1.82) is 0 Å². The van der Waals surface area contributed by atoms with E-state index in [9.17, 15) is 5.11 Å². The number of aliphatic hydroxyl groups excluding tert-OH is 1. The normalized spacial score (nSPS) is 12.9. The third-order valence-electron chi connectivity index (χ3n) is 1.98. The molecule has 0 aromatic heterocycles. The van der Waals surface area contributed by atoms with Crippen LogP contribution in [0.5, 0.6) is 0 Å². The average Bonchev–Trinajstić information content (AvgIpc) is 2.20. The fourth-order valence-electron chi connectivity index (χ4n) is 1.18. The monoisotopic (exact) mass is 215 g/mol. The minimum atomic E-state index is -0.649. The van der Waals surface area contributed by atoms with Crippen LogP contribution in [0, 0.1) is 0 Å². The van der Waals surface area contributed by atoms with Gasteiger partial charge in [0.15, 0.2) is 0 Å². The van der Waals surface area contributed by atoms with Crippen molar-refractivity contribution in [2.24, 2.45) is 5.73 Å². The van der Waals surface area contributed by atoms with Gasteiger partial charge in [-0.3, -0.25) is 0 Å². The molecule has 0 amide bonds. The Balaban J connectivity index is 2.88. The molecule has 0 saturated heterocycles. The molecule has 1 unspecified atom stereocenters. The summed E-state index contributed by atoms with van der Waals surface area (Å²) in [6.07, 6.45) is -0.649. The molecule has 1 rings (SSSR count). The first-order chi connectivity index (χ1) is 6.69. The van der Waals surface area contributed by atoms with E-state index in [4.69, 9.17) is 22.1 Å². The highest BCUT2D eigenvalue weighted by Crippen LogP contribution is 2.22. The summed E-state index contributed by atoms with van der Waals surface area (Å²) in [4.78, 5) is 0. The molecule has 1 atom stereocenters. The van der Waals surface area contributed by atoms with Crippen LogP contribution in [0.25, 0.3) is 0 Å². The summed E-state index contributed by atoms with van der Waals surface area (Å²) in [5.74, 6) is 0. The van der Waals surface area contributed by atoms with Crippen LogP contribution in [0.2, 0.25) is 5.02 Å². The summed E-state index contributed by atoms with van der Waals surface area (Å²) in [6, 6.07) is 5.35. The van der Waals surface area contributed by atoms with E-state index >= 15 is 0 Å². The van der Waals surface area contributed by atoms with Gasteiger partial charge in [0.05, 0.1) is 12.7 Å². The quantitative estimate of drug-likeness (QED) is 0.800. The van der Waals surface area contributed by atoms with Gasteiger partial charge < -0.3 is 15.6 Å². The number of hydrogen-bond acceptors (Lipinski definition) is 3. The third-order valence-corrected chi connectivity index (χ3v) is 2.34. The second-order valence-corrected chi connectivity index (χ2v) is 3.44. The van der Waals surface area contributed by atoms with Gasteiger partial charge in [-0.1, -0.05) is 23.7 Å². The lowest BCUT2D eigenvalue weighted by atomic mass is 10.1. The van der Waals surface area contributed by atoms with E-state index in [2.05, 4.69) is 0 Å². The molecule has 1 aromatic rings. The van der Waals surface area contributed by atoms with Crippen LogP contribution in [0.4, 0.5) is 0 Å². The highest BCUT2D eigenvalue weighted by molar-refractivity contribution is 6.31. The number of aliphatic hydroxyl groups is 1. The van der Waals surface area contributed by atoms with Crippen molar-refractivity contribution in [3.63, 3.8) is 0 Å². The van der Waals surface area contributed by atoms with Crippen LogP contribution < -0.4 is 5.73 Å². The molecule has 14 heavy (non-hydrogen) atoms. The largest absolute Gasteiger partial charge is 0.387 e. The molecular formula is C10H14ClNO2. The summed E-state index contributed by atoms with van der Waals surface area (Å²) in [5, 5.41) is 10.1. The van der Waals surface area contributed by atoms with Gasteiger partial charge >= 0.3 is 0 Å². The Morgan fingerprint density at radius 2 is 2.29 bits per heavy atom. The fraction of sp³-hybridized carbons (Fsp3) is 0.400. The van der Waals surface area contributed by atoms with Crippen LogP contribution in [0.15, 0.2) is 18.2 Å². The summed E-state index contributed by atoms with van der Waals surface area (Å²) < 4.78 is 4.96. The summed E-state index contributed by atoms with van der Waals surface area (Å²) >= 11 is 5.98. The predicted molar refractivity (Wildman–Crippen MR) is 56.2 cm³/mol. The lowest BCUT2D eigenvalue weighted by molar-refractivity contribution is 0.182. The lowest BCUT2D eigenvalue weighted by Crippen LogP contribution is -2.11. The summed E-state index contributed by atoms with van der Waals surface area (Å²) in [5.41, 5.74) is 6.97. The maximum absolute atomic E-state index is 9.46. The van der Waals surface area contributed by atoms with Crippen molar-refractivity contribution >= 4 is 11.6 Å². The summed E-state index contributed by atoms with van der Waals surface area (Å²) in [6.45, 7) is 0.664. The van der Waals surface area contributed by atoms with Gasteiger partial charge in [-0.15, -0.1) is 0 Å². The van der Waals surface area contributed by atoms with E-state index in [1.165, 1.54) is 0 Å². The maximum atomic E-state index is 9.46. The number of benzene rings is 1. The minimum absolute atomic E-state index is 0.194. The fourth-order valence-corrected chi connectivity index (χ4v) is 1.42. The van der Waals surface area contributed by atoms with Crippen LogP contribution in [-0.2, 0) is 11.3 Å². The van der Waals surface area contributed by atoms with Crippen molar-refractivity contribution in [2.45, 2.75) is 12.7 Å². The molecule has 0 radical (unpaired) electrons. The number of nitrogens with two attached hydrogens (primary N) is 1. The van der Waals surface area contributed by atoms with Crippen LogP contribution in [-0.4, -0.2) is 18.8 Å². The molecule has 3 nitrogen and oxygen atoms in total. The number of rotatable bonds is 4. The Kier molecular flexibility index (Phi) is 4.35. The van der Waals surface area contributed by atoms with Crippen molar-refractivity contribution < 1.29 is 9.84 Å². The number of methoxy groups -OCH3 is 1. The van der Waals surface area contributed by atoms with Gasteiger partial charge in [0.25, 0.3) is 0 Å². The van der Waals surface area contributed by atoms with E-state index in [1.807, 2.05) is 6.07 Å². The standard InChI is InChI=1S/C10H14ClNO2/c1-14-6-8-3-2-7(4-9(8)11)10(13)5-12/h2-4,10,13H,5-6,12H2,1H3. The Hall–Kier alpha value is -0.610. The molecule has 1 aromatic carbocycles. The van der Waals surface area contributed by atoms with Crippen molar-refractivity contribution in [1.82, 2.24) is 0 Å². The number of ether oxygens (including phenoxy) is 1. The lowest BCUT2D eigenvalue weighted by Gasteiger charge is -2.10. The predicted octanol–water partition coefficient (Wildman–Crippen LogP) is 1.48. The molecule has 0 aliphatic rings. The molecule has 4 heteroatoms. The molecule has 0 bridgehead atoms. The van der Waals surface area contributed by atoms with Gasteiger partial charge in [-0.25, -0.2) is 0 Å². The van der Waals surface area contributed by atoms with Crippen LogP contribution >= 0.6 is 11.6 Å². The van der Waals surface area contributed by atoms with Crippen LogP contribution in [0.1, 0.15) is 17.2 Å². The second kappa shape index (κ2) is 5.32. The first kappa shape index (κ1) is 11.5. The SMILES string of the molecule is COCc1ccc(C(O)CN)cc1Cl. The van der Waals surface area contributed by atoms with E-state index in [-0.39, 0.29) is 6.54 Å². The first-order valence-electron chi connectivity index (χ1n) is 4.34. The molecule has 0 heterocycles. The van der Waals surface area contributed by atoms with Gasteiger partial charge in [-0.2, -0.15) is 0 Å². The van der Waals surface area contributed by atoms with E-state index in [1.54, 1.807) is 19.2 Å². The van der Waals surface area contributed by atoms with Gasteiger partial charge in [0.1, 0.15) is 0 Å².